The monoisotopic (exact) mass is 278 g/mol. The van der Waals surface area contributed by atoms with Gasteiger partial charge in [-0.15, -0.1) is 0 Å². The highest BCUT2D eigenvalue weighted by atomic mass is 16.5. The minimum absolute atomic E-state index is 0.782. The Morgan fingerprint density at radius 1 is 1.10 bits per heavy atom. The zero-order valence-electron chi connectivity index (χ0n) is 12.4. The second kappa shape index (κ2) is 5.52. The molecular formula is C18H18N2O. The molecule has 0 aliphatic heterocycles. The van der Waals surface area contributed by atoms with Gasteiger partial charge < -0.3 is 4.74 Å². The fourth-order valence-corrected chi connectivity index (χ4v) is 2.57. The highest BCUT2D eigenvalue weighted by Crippen LogP contribution is 2.20. The van der Waals surface area contributed by atoms with Crippen molar-refractivity contribution in [3.8, 4) is 5.75 Å². The lowest BCUT2D eigenvalue weighted by Crippen LogP contribution is -2.35. The third-order valence-corrected chi connectivity index (χ3v) is 3.66. The molecule has 0 spiro atoms. The number of aryl methyl sites for hydroxylation is 1. The van der Waals surface area contributed by atoms with E-state index in [1.807, 2.05) is 31.2 Å². The number of methoxy groups -OCH3 is 1. The maximum Gasteiger partial charge on any atom is 0.126 e. The van der Waals surface area contributed by atoms with Gasteiger partial charge in [0.1, 0.15) is 11.6 Å². The summed E-state index contributed by atoms with van der Waals surface area (Å²) in [6.45, 7) is 6.16. The first kappa shape index (κ1) is 13.6. The van der Waals surface area contributed by atoms with Crippen LogP contribution in [0.25, 0.3) is 17.7 Å². The summed E-state index contributed by atoms with van der Waals surface area (Å²) in [4.78, 5) is 9.13. The minimum Gasteiger partial charge on any atom is -0.497 e. The third-order valence-electron chi connectivity index (χ3n) is 3.66. The molecular weight excluding hydrogens is 260 g/mol. The quantitative estimate of drug-likeness (QED) is 0.863. The van der Waals surface area contributed by atoms with E-state index < -0.39 is 0 Å². The van der Waals surface area contributed by atoms with Gasteiger partial charge in [0.15, 0.2) is 0 Å². The molecule has 2 aromatic rings. The van der Waals surface area contributed by atoms with Crippen LogP contribution >= 0.6 is 0 Å². The van der Waals surface area contributed by atoms with Crippen molar-refractivity contribution in [2.45, 2.75) is 19.8 Å². The van der Waals surface area contributed by atoms with Crippen LogP contribution in [0.5, 0.6) is 5.75 Å². The zero-order valence-corrected chi connectivity index (χ0v) is 12.4. The van der Waals surface area contributed by atoms with E-state index in [0.717, 1.165) is 51.8 Å². The molecule has 1 aliphatic rings. The maximum atomic E-state index is 5.20. The van der Waals surface area contributed by atoms with Crippen LogP contribution in [0, 0.1) is 6.92 Å². The molecule has 3 heteroatoms. The summed E-state index contributed by atoms with van der Waals surface area (Å²) in [7, 11) is 1.67. The van der Waals surface area contributed by atoms with Gasteiger partial charge in [0.25, 0.3) is 0 Å². The molecule has 0 saturated heterocycles. The van der Waals surface area contributed by atoms with E-state index in [-0.39, 0.29) is 0 Å². The van der Waals surface area contributed by atoms with E-state index in [1.165, 1.54) is 0 Å². The molecule has 0 amide bonds. The topological polar surface area (TPSA) is 35.0 Å². The number of rotatable bonds is 3. The average molecular weight is 278 g/mol. The van der Waals surface area contributed by atoms with Crippen LogP contribution in [-0.2, 0) is 0 Å². The molecule has 1 aromatic heterocycles. The lowest BCUT2D eigenvalue weighted by molar-refractivity contribution is 0.415. The number of ether oxygens (including phenoxy) is 1. The van der Waals surface area contributed by atoms with Crippen molar-refractivity contribution < 1.29 is 4.74 Å². The first-order valence-electron chi connectivity index (χ1n) is 7.08. The highest BCUT2D eigenvalue weighted by molar-refractivity contribution is 5.77. The summed E-state index contributed by atoms with van der Waals surface area (Å²) in [5, 5.41) is 2.13. The Labute approximate surface area is 124 Å². The molecule has 106 valence electrons. The van der Waals surface area contributed by atoms with Crippen molar-refractivity contribution in [2.24, 2.45) is 0 Å². The lowest BCUT2D eigenvalue weighted by atomic mass is 10.0. The molecule has 0 N–H and O–H groups in total. The molecule has 0 atom stereocenters. The Morgan fingerprint density at radius 3 is 2.52 bits per heavy atom. The molecule has 0 unspecified atom stereocenters. The van der Waals surface area contributed by atoms with Gasteiger partial charge in [-0.2, -0.15) is 0 Å². The van der Waals surface area contributed by atoms with Crippen LogP contribution < -0.4 is 15.3 Å². The van der Waals surface area contributed by atoms with Crippen molar-refractivity contribution >= 4 is 17.7 Å². The number of fused-ring (bicyclic) bond motifs is 1. The van der Waals surface area contributed by atoms with Gasteiger partial charge in [-0.3, -0.25) is 0 Å². The fraction of sp³-hybridized carbons (Fsp3) is 0.222. The third kappa shape index (κ3) is 2.59. The molecule has 3 nitrogen and oxygen atoms in total. The maximum absolute atomic E-state index is 5.20. The number of benzene rings is 1. The van der Waals surface area contributed by atoms with Crippen molar-refractivity contribution in [3.63, 3.8) is 0 Å². The Morgan fingerprint density at radius 2 is 1.81 bits per heavy atom. The van der Waals surface area contributed by atoms with Gasteiger partial charge >= 0.3 is 0 Å². The lowest BCUT2D eigenvalue weighted by Gasteiger charge is -2.10. The Hall–Kier alpha value is -2.42. The van der Waals surface area contributed by atoms with Crippen molar-refractivity contribution in [3.05, 3.63) is 58.5 Å². The largest absolute Gasteiger partial charge is 0.497 e. The fourth-order valence-electron chi connectivity index (χ4n) is 2.57. The second-order valence-electron chi connectivity index (χ2n) is 5.11. The summed E-state index contributed by atoms with van der Waals surface area (Å²) in [5.41, 5.74) is 2.90. The van der Waals surface area contributed by atoms with E-state index in [0.29, 0.717) is 0 Å². The Balaban J connectivity index is 2.12. The van der Waals surface area contributed by atoms with Crippen molar-refractivity contribution in [1.29, 1.82) is 0 Å². The summed E-state index contributed by atoms with van der Waals surface area (Å²) < 4.78 is 5.20. The number of aromatic nitrogens is 2. The summed E-state index contributed by atoms with van der Waals surface area (Å²) in [5.74, 6) is 1.62. The number of nitrogens with zero attached hydrogens (tertiary/aromatic N) is 2. The van der Waals surface area contributed by atoms with E-state index in [4.69, 9.17) is 4.74 Å². The zero-order chi connectivity index (χ0) is 14.8. The van der Waals surface area contributed by atoms with E-state index in [9.17, 15) is 0 Å². The molecule has 0 radical (unpaired) electrons. The van der Waals surface area contributed by atoms with E-state index in [2.05, 4.69) is 28.7 Å². The van der Waals surface area contributed by atoms with Crippen LogP contribution in [-0.4, -0.2) is 17.1 Å². The van der Waals surface area contributed by atoms with Crippen LogP contribution in [0.2, 0.25) is 0 Å². The molecule has 1 heterocycles. The predicted molar refractivity (Wildman–Crippen MR) is 85.3 cm³/mol. The molecule has 0 fully saturated rings. The summed E-state index contributed by atoms with van der Waals surface area (Å²) in [6.07, 6.45) is 6.45. The van der Waals surface area contributed by atoms with Gasteiger partial charge in [0, 0.05) is 10.8 Å². The average Bonchev–Trinajstić information content (AvgIpc) is 2.53. The van der Waals surface area contributed by atoms with Gasteiger partial charge in [0.05, 0.1) is 18.2 Å². The highest BCUT2D eigenvalue weighted by Gasteiger charge is 2.10. The minimum atomic E-state index is 0.782. The van der Waals surface area contributed by atoms with Crippen LogP contribution in [0.3, 0.4) is 0 Å². The SMILES string of the molecule is C=C(c1ccc(OC)cc1)c1nc(C)nc2c1=CCCC=2. The standard InChI is InChI=1S/C18H18N2O/c1-12(14-8-10-15(21-3)11-9-14)18-16-6-4-5-7-17(16)19-13(2)20-18/h6-11H,1,4-5H2,2-3H3. The molecule has 3 rings (SSSR count). The smallest absolute Gasteiger partial charge is 0.126 e. The summed E-state index contributed by atoms with van der Waals surface area (Å²) in [6, 6.07) is 7.91. The molecule has 0 saturated carbocycles. The van der Waals surface area contributed by atoms with Crippen LogP contribution in [0.15, 0.2) is 30.8 Å². The number of hydrogen-bond acceptors (Lipinski definition) is 3. The van der Waals surface area contributed by atoms with Gasteiger partial charge in [0.2, 0.25) is 0 Å². The second-order valence-corrected chi connectivity index (χ2v) is 5.11. The van der Waals surface area contributed by atoms with Crippen LogP contribution in [0.4, 0.5) is 0 Å². The first-order chi connectivity index (χ1) is 10.2. The van der Waals surface area contributed by atoms with E-state index >= 15 is 0 Å². The van der Waals surface area contributed by atoms with Crippen molar-refractivity contribution in [1.82, 2.24) is 9.97 Å². The Bertz CT molecular complexity index is 804. The summed E-state index contributed by atoms with van der Waals surface area (Å²) >= 11 is 0. The molecule has 1 aromatic carbocycles. The van der Waals surface area contributed by atoms with Gasteiger partial charge in [-0.1, -0.05) is 30.9 Å². The number of hydrogen-bond donors (Lipinski definition) is 0. The molecule has 21 heavy (non-hydrogen) atoms. The van der Waals surface area contributed by atoms with E-state index in [1.54, 1.807) is 7.11 Å². The van der Waals surface area contributed by atoms with Crippen LogP contribution in [0.1, 0.15) is 29.9 Å². The van der Waals surface area contributed by atoms with Gasteiger partial charge in [-0.25, -0.2) is 9.97 Å². The normalized spacial score (nSPS) is 12.9. The molecule has 1 aliphatic carbocycles. The van der Waals surface area contributed by atoms with Gasteiger partial charge in [-0.05, 0) is 37.5 Å². The van der Waals surface area contributed by atoms with Crippen molar-refractivity contribution in [2.75, 3.05) is 7.11 Å². The predicted octanol–water partition coefficient (Wildman–Crippen LogP) is 2.21. The Kier molecular flexibility index (Phi) is 3.57. The molecule has 0 bridgehead atoms. The first-order valence-corrected chi connectivity index (χ1v) is 7.08.